The Bertz CT molecular complexity index is 1320. The standard InChI is InChI=1S/C26H20I3NO4/c1-3-32-23-13-16(11-21(29)24(23)33-14-18-6-4-5-7-20(18)28)12-22-26(31)34-25(30-22)17-8-9-19(27)15(2)10-17/h4-13H,3,14H2,1-2H3/b22-12-. The molecule has 0 N–H and O–H groups in total. The molecule has 0 fully saturated rings. The fourth-order valence-electron chi connectivity index (χ4n) is 3.31. The second-order valence-corrected chi connectivity index (χ2v) is 10.9. The van der Waals surface area contributed by atoms with Gasteiger partial charge < -0.3 is 14.2 Å². The zero-order valence-corrected chi connectivity index (χ0v) is 24.9. The number of hydrogen-bond donors (Lipinski definition) is 0. The number of aryl methyl sites for hydroxylation is 1. The van der Waals surface area contributed by atoms with Gasteiger partial charge in [0.2, 0.25) is 5.90 Å². The smallest absolute Gasteiger partial charge is 0.363 e. The van der Waals surface area contributed by atoms with Crippen LogP contribution in [0.1, 0.15) is 29.2 Å². The number of nitrogens with zero attached hydrogens (tertiary/aromatic N) is 1. The van der Waals surface area contributed by atoms with Crippen LogP contribution in [0.25, 0.3) is 6.08 Å². The van der Waals surface area contributed by atoms with Crippen molar-refractivity contribution in [3.05, 3.63) is 93.3 Å². The van der Waals surface area contributed by atoms with Gasteiger partial charge in [0.15, 0.2) is 17.2 Å². The second kappa shape index (κ2) is 11.4. The maximum Gasteiger partial charge on any atom is 0.363 e. The summed E-state index contributed by atoms with van der Waals surface area (Å²) >= 11 is 6.80. The Hall–Kier alpha value is -1.67. The molecule has 8 heteroatoms. The van der Waals surface area contributed by atoms with E-state index < -0.39 is 5.97 Å². The highest BCUT2D eigenvalue weighted by Crippen LogP contribution is 2.36. The third-order valence-electron chi connectivity index (χ3n) is 4.99. The number of aliphatic imine (C=N–C) groups is 1. The number of carbonyl (C=O) groups excluding carboxylic acids is 1. The minimum absolute atomic E-state index is 0.247. The van der Waals surface area contributed by atoms with Gasteiger partial charge in [0.1, 0.15) is 6.61 Å². The summed E-state index contributed by atoms with van der Waals surface area (Å²) < 4.78 is 20.6. The van der Waals surface area contributed by atoms with Gasteiger partial charge >= 0.3 is 5.97 Å². The Balaban J connectivity index is 1.62. The number of halogens is 3. The SMILES string of the molecule is CCOc1cc(/C=C2\N=C(c3ccc(I)c(C)c3)OC2=O)cc(I)c1OCc1ccccc1I. The van der Waals surface area contributed by atoms with Crippen molar-refractivity contribution in [3.63, 3.8) is 0 Å². The van der Waals surface area contributed by atoms with Crippen LogP contribution in [0.2, 0.25) is 0 Å². The number of carbonyl (C=O) groups is 1. The summed E-state index contributed by atoms with van der Waals surface area (Å²) in [5.74, 6) is 1.14. The van der Waals surface area contributed by atoms with Crippen LogP contribution in [-0.2, 0) is 16.1 Å². The molecule has 174 valence electrons. The first-order valence-electron chi connectivity index (χ1n) is 10.5. The fourth-order valence-corrected chi connectivity index (χ4v) is 4.97. The Labute approximate surface area is 239 Å². The Kier molecular flexibility index (Phi) is 8.51. The summed E-state index contributed by atoms with van der Waals surface area (Å²) in [5, 5.41) is 0. The van der Waals surface area contributed by atoms with E-state index in [2.05, 4.69) is 78.8 Å². The highest BCUT2D eigenvalue weighted by Gasteiger charge is 2.25. The first kappa shape index (κ1) is 25.4. The van der Waals surface area contributed by atoms with Crippen LogP contribution in [-0.4, -0.2) is 18.5 Å². The third-order valence-corrected chi connectivity index (χ3v) is 8.05. The van der Waals surface area contributed by atoms with Crippen LogP contribution in [0, 0.1) is 17.6 Å². The van der Waals surface area contributed by atoms with Crippen LogP contribution in [0.5, 0.6) is 11.5 Å². The largest absolute Gasteiger partial charge is 0.490 e. The van der Waals surface area contributed by atoms with E-state index in [0.717, 1.165) is 33.0 Å². The summed E-state index contributed by atoms with van der Waals surface area (Å²) in [4.78, 5) is 16.9. The quantitative estimate of drug-likeness (QED) is 0.145. The lowest BCUT2D eigenvalue weighted by Crippen LogP contribution is -2.06. The lowest BCUT2D eigenvalue weighted by molar-refractivity contribution is -0.129. The number of benzene rings is 3. The minimum atomic E-state index is -0.474. The molecule has 4 rings (SSSR count). The molecule has 34 heavy (non-hydrogen) atoms. The molecule has 0 saturated carbocycles. The van der Waals surface area contributed by atoms with Crippen molar-refractivity contribution < 1.29 is 19.0 Å². The average molecular weight is 791 g/mol. The summed E-state index contributed by atoms with van der Waals surface area (Å²) in [7, 11) is 0. The van der Waals surface area contributed by atoms with Gasteiger partial charge in [-0.15, -0.1) is 0 Å². The summed E-state index contributed by atoms with van der Waals surface area (Å²) in [6.45, 7) is 4.87. The zero-order valence-electron chi connectivity index (χ0n) is 18.4. The Morgan fingerprint density at radius 1 is 0.971 bits per heavy atom. The van der Waals surface area contributed by atoms with Crippen molar-refractivity contribution in [2.75, 3.05) is 6.61 Å². The first-order chi connectivity index (χ1) is 16.4. The summed E-state index contributed by atoms with van der Waals surface area (Å²) in [6, 6.07) is 17.8. The van der Waals surface area contributed by atoms with Gasteiger partial charge in [-0.3, -0.25) is 0 Å². The van der Waals surface area contributed by atoms with Gasteiger partial charge in [0.25, 0.3) is 0 Å². The Morgan fingerprint density at radius 3 is 2.50 bits per heavy atom. The van der Waals surface area contributed by atoms with Crippen LogP contribution < -0.4 is 9.47 Å². The molecule has 0 amide bonds. The summed E-state index contributed by atoms with van der Waals surface area (Å²) in [5.41, 5.74) is 4.01. The normalized spacial score (nSPS) is 14.2. The third kappa shape index (κ3) is 5.93. The van der Waals surface area contributed by atoms with Crippen LogP contribution in [0.15, 0.2) is 65.3 Å². The monoisotopic (exact) mass is 791 g/mol. The van der Waals surface area contributed by atoms with Gasteiger partial charge in [-0.2, -0.15) is 0 Å². The van der Waals surface area contributed by atoms with E-state index in [4.69, 9.17) is 14.2 Å². The van der Waals surface area contributed by atoms with E-state index in [-0.39, 0.29) is 5.70 Å². The van der Waals surface area contributed by atoms with E-state index in [1.54, 1.807) is 6.08 Å². The molecule has 0 atom stereocenters. The maximum atomic E-state index is 12.5. The molecule has 1 aliphatic rings. The van der Waals surface area contributed by atoms with Crippen LogP contribution in [0.3, 0.4) is 0 Å². The Morgan fingerprint density at radius 2 is 1.76 bits per heavy atom. The van der Waals surface area contributed by atoms with E-state index in [1.807, 2.05) is 62.4 Å². The molecule has 0 unspecified atom stereocenters. The van der Waals surface area contributed by atoms with E-state index >= 15 is 0 Å². The summed E-state index contributed by atoms with van der Waals surface area (Å²) in [6.07, 6.45) is 1.71. The number of ether oxygens (including phenoxy) is 3. The molecular formula is C26H20I3NO4. The highest BCUT2D eigenvalue weighted by atomic mass is 127. The van der Waals surface area contributed by atoms with E-state index in [9.17, 15) is 4.79 Å². The van der Waals surface area contributed by atoms with Crippen LogP contribution in [0.4, 0.5) is 0 Å². The average Bonchev–Trinajstić information content (AvgIpc) is 3.16. The van der Waals surface area contributed by atoms with Crippen molar-refractivity contribution >= 4 is 85.7 Å². The molecule has 0 spiro atoms. The predicted molar refractivity (Wildman–Crippen MR) is 158 cm³/mol. The second-order valence-electron chi connectivity index (χ2n) is 7.44. The number of hydrogen-bond acceptors (Lipinski definition) is 5. The van der Waals surface area contributed by atoms with Gasteiger partial charge in [-0.1, -0.05) is 18.2 Å². The highest BCUT2D eigenvalue weighted by molar-refractivity contribution is 14.1. The molecule has 3 aromatic carbocycles. The van der Waals surface area contributed by atoms with Gasteiger partial charge in [0.05, 0.1) is 10.2 Å². The predicted octanol–water partition coefficient (Wildman–Crippen LogP) is 7.13. The lowest BCUT2D eigenvalue weighted by Gasteiger charge is -2.15. The number of rotatable bonds is 7. The van der Waals surface area contributed by atoms with Gasteiger partial charge in [0, 0.05) is 18.3 Å². The minimum Gasteiger partial charge on any atom is -0.490 e. The molecule has 1 heterocycles. The molecule has 0 aromatic heterocycles. The van der Waals surface area contributed by atoms with E-state index in [0.29, 0.717) is 30.6 Å². The zero-order chi connectivity index (χ0) is 24.2. The number of cyclic esters (lactones) is 1. The molecule has 0 bridgehead atoms. The maximum absolute atomic E-state index is 12.5. The molecule has 5 nitrogen and oxygen atoms in total. The van der Waals surface area contributed by atoms with Crippen molar-refractivity contribution in [3.8, 4) is 11.5 Å². The molecular weight excluding hydrogens is 771 g/mol. The van der Waals surface area contributed by atoms with Crippen molar-refractivity contribution in [2.24, 2.45) is 4.99 Å². The number of esters is 1. The molecule has 3 aromatic rings. The van der Waals surface area contributed by atoms with Crippen molar-refractivity contribution in [2.45, 2.75) is 20.5 Å². The molecule has 0 saturated heterocycles. The lowest BCUT2D eigenvalue weighted by atomic mass is 10.1. The molecule has 0 aliphatic carbocycles. The molecule has 0 radical (unpaired) electrons. The van der Waals surface area contributed by atoms with Crippen molar-refractivity contribution in [1.29, 1.82) is 0 Å². The molecule has 1 aliphatic heterocycles. The van der Waals surface area contributed by atoms with E-state index in [1.165, 1.54) is 0 Å². The van der Waals surface area contributed by atoms with Crippen LogP contribution >= 0.6 is 67.8 Å². The topological polar surface area (TPSA) is 57.1 Å². The van der Waals surface area contributed by atoms with Gasteiger partial charge in [-0.25, -0.2) is 9.79 Å². The van der Waals surface area contributed by atoms with Gasteiger partial charge in [-0.05, 0) is 135 Å². The first-order valence-corrected chi connectivity index (χ1v) is 13.7. The fraction of sp³-hybridized carbons (Fsp3) is 0.154. The van der Waals surface area contributed by atoms with Crippen molar-refractivity contribution in [1.82, 2.24) is 0 Å².